The molecule has 3 heteroatoms. The zero-order chi connectivity index (χ0) is 12.7. The van der Waals surface area contributed by atoms with Gasteiger partial charge in [0.15, 0.2) is 0 Å². The van der Waals surface area contributed by atoms with Crippen LogP contribution in [0.5, 0.6) is 0 Å². The van der Waals surface area contributed by atoms with Gasteiger partial charge in [0.1, 0.15) is 0 Å². The average molecular weight is 249 g/mol. The van der Waals surface area contributed by atoms with Crippen molar-refractivity contribution in [3.63, 3.8) is 0 Å². The Hall–Kier alpha value is -0.800. The summed E-state index contributed by atoms with van der Waals surface area (Å²) in [6.07, 6.45) is 6.82. The first-order valence-electron chi connectivity index (χ1n) is 7.14. The summed E-state index contributed by atoms with van der Waals surface area (Å²) in [6, 6.07) is 2.66. The molecule has 18 heavy (non-hydrogen) atoms. The van der Waals surface area contributed by atoms with Crippen molar-refractivity contribution in [1.29, 1.82) is 0 Å². The smallest absolute Gasteiger partial charge is 0.0807 e. The third kappa shape index (κ3) is 1.81. The van der Waals surface area contributed by atoms with Crippen LogP contribution in [0.3, 0.4) is 0 Å². The highest BCUT2D eigenvalue weighted by molar-refractivity contribution is 5.32. The number of aromatic nitrogens is 1. The van der Waals surface area contributed by atoms with Gasteiger partial charge in [-0.05, 0) is 51.5 Å². The first-order valence-corrected chi connectivity index (χ1v) is 7.14. The molecule has 0 aromatic carbocycles. The maximum atomic E-state index is 10.1. The fourth-order valence-corrected chi connectivity index (χ4v) is 3.84. The van der Waals surface area contributed by atoms with Gasteiger partial charge >= 0.3 is 0 Å². The fraction of sp³-hybridized carbons (Fsp3) is 0.733. The van der Waals surface area contributed by atoms with Crippen LogP contribution in [0.1, 0.15) is 61.2 Å². The van der Waals surface area contributed by atoms with Gasteiger partial charge in [-0.1, -0.05) is 0 Å². The molecule has 1 saturated carbocycles. The third-order valence-electron chi connectivity index (χ3n) is 4.67. The van der Waals surface area contributed by atoms with Crippen molar-refractivity contribution in [3.8, 4) is 0 Å². The second kappa shape index (κ2) is 4.71. The van der Waals surface area contributed by atoms with Crippen LogP contribution in [0.2, 0.25) is 0 Å². The number of hydrogen-bond acceptors (Lipinski definition) is 2. The molecule has 2 aliphatic rings. The van der Waals surface area contributed by atoms with Gasteiger partial charge in [0, 0.05) is 24.1 Å². The number of aliphatic hydroxyl groups excluding tert-OH is 1. The van der Waals surface area contributed by atoms with E-state index < -0.39 is 0 Å². The van der Waals surface area contributed by atoms with Crippen molar-refractivity contribution >= 4 is 0 Å². The van der Waals surface area contributed by atoms with Crippen LogP contribution in [-0.4, -0.2) is 22.9 Å². The average Bonchev–Trinajstić information content (AvgIpc) is 2.93. The highest BCUT2D eigenvalue weighted by atomic mass is 16.5. The van der Waals surface area contributed by atoms with Gasteiger partial charge in [0.2, 0.25) is 0 Å². The lowest BCUT2D eigenvalue weighted by Gasteiger charge is -2.27. The van der Waals surface area contributed by atoms with Gasteiger partial charge in [-0.2, -0.15) is 0 Å². The Labute approximate surface area is 109 Å². The zero-order valence-electron chi connectivity index (χ0n) is 11.4. The molecule has 2 aliphatic carbocycles. The number of methoxy groups -OCH3 is 1. The highest BCUT2D eigenvalue weighted by Crippen LogP contribution is 2.39. The Kier molecular flexibility index (Phi) is 3.20. The molecule has 3 atom stereocenters. The number of ether oxygens (including phenoxy) is 1. The normalized spacial score (nSPS) is 31.6. The summed E-state index contributed by atoms with van der Waals surface area (Å²) < 4.78 is 8.09. The molecule has 0 saturated heterocycles. The minimum absolute atomic E-state index is 0.254. The Morgan fingerprint density at radius 1 is 1.28 bits per heavy atom. The van der Waals surface area contributed by atoms with E-state index in [1.807, 2.05) is 7.11 Å². The molecule has 3 rings (SSSR count). The molecule has 1 fully saturated rings. The molecule has 3 unspecified atom stereocenters. The van der Waals surface area contributed by atoms with Crippen molar-refractivity contribution in [2.45, 2.75) is 63.7 Å². The molecule has 1 N–H and O–H groups in total. The molecule has 3 nitrogen and oxygen atoms in total. The fourth-order valence-electron chi connectivity index (χ4n) is 3.84. The van der Waals surface area contributed by atoms with E-state index in [9.17, 15) is 5.11 Å². The minimum Gasteiger partial charge on any atom is -0.388 e. The zero-order valence-corrected chi connectivity index (χ0v) is 11.4. The molecule has 0 amide bonds. The quantitative estimate of drug-likeness (QED) is 0.874. The number of rotatable bonds is 2. The van der Waals surface area contributed by atoms with E-state index in [0.29, 0.717) is 12.1 Å². The molecule has 1 aromatic heterocycles. The molecular formula is C15H23NO2. The Balaban J connectivity index is 2.01. The van der Waals surface area contributed by atoms with Crippen LogP contribution in [0.4, 0.5) is 0 Å². The first kappa shape index (κ1) is 12.2. The third-order valence-corrected chi connectivity index (χ3v) is 4.67. The van der Waals surface area contributed by atoms with Gasteiger partial charge in [-0.15, -0.1) is 0 Å². The SMILES string of the molecule is COC1CCCC1n1c(C)cc2c1CCCC2O. The lowest BCUT2D eigenvalue weighted by Crippen LogP contribution is -2.24. The van der Waals surface area contributed by atoms with Crippen molar-refractivity contribution in [1.82, 2.24) is 4.57 Å². The summed E-state index contributed by atoms with van der Waals surface area (Å²) in [5.74, 6) is 0. The molecule has 100 valence electrons. The number of aliphatic hydroxyl groups is 1. The summed E-state index contributed by atoms with van der Waals surface area (Å²) in [5.41, 5.74) is 3.82. The highest BCUT2D eigenvalue weighted by Gasteiger charge is 2.33. The van der Waals surface area contributed by atoms with Crippen LogP contribution >= 0.6 is 0 Å². The summed E-state index contributed by atoms with van der Waals surface area (Å²) in [4.78, 5) is 0. The van der Waals surface area contributed by atoms with Gasteiger partial charge < -0.3 is 14.4 Å². The van der Waals surface area contributed by atoms with Crippen molar-refractivity contribution in [2.24, 2.45) is 0 Å². The molecule has 1 heterocycles. The molecule has 0 bridgehead atoms. The van der Waals surface area contributed by atoms with Crippen LogP contribution in [0.25, 0.3) is 0 Å². The van der Waals surface area contributed by atoms with Crippen LogP contribution in [0.15, 0.2) is 6.07 Å². The number of hydrogen-bond donors (Lipinski definition) is 1. The van der Waals surface area contributed by atoms with E-state index in [1.165, 1.54) is 29.8 Å². The molecule has 0 aliphatic heterocycles. The van der Waals surface area contributed by atoms with Crippen molar-refractivity contribution < 1.29 is 9.84 Å². The molecular weight excluding hydrogens is 226 g/mol. The maximum absolute atomic E-state index is 10.1. The van der Waals surface area contributed by atoms with Gasteiger partial charge in [-0.3, -0.25) is 0 Å². The van der Waals surface area contributed by atoms with E-state index in [0.717, 1.165) is 25.7 Å². The van der Waals surface area contributed by atoms with E-state index >= 15 is 0 Å². The van der Waals surface area contributed by atoms with Crippen LogP contribution in [0, 0.1) is 6.92 Å². The first-order chi connectivity index (χ1) is 8.72. The minimum atomic E-state index is -0.254. The lowest BCUT2D eigenvalue weighted by atomic mass is 9.95. The Bertz CT molecular complexity index is 438. The van der Waals surface area contributed by atoms with E-state index in [2.05, 4.69) is 17.6 Å². The largest absolute Gasteiger partial charge is 0.388 e. The second-order valence-corrected chi connectivity index (χ2v) is 5.74. The van der Waals surface area contributed by atoms with Crippen molar-refractivity contribution in [3.05, 3.63) is 23.0 Å². The van der Waals surface area contributed by atoms with Crippen LogP contribution < -0.4 is 0 Å². The molecule has 1 aromatic rings. The number of fused-ring (bicyclic) bond motifs is 1. The number of aryl methyl sites for hydroxylation is 1. The molecule has 0 radical (unpaired) electrons. The Morgan fingerprint density at radius 3 is 2.89 bits per heavy atom. The lowest BCUT2D eigenvalue weighted by molar-refractivity contribution is 0.0727. The van der Waals surface area contributed by atoms with Gasteiger partial charge in [0.25, 0.3) is 0 Å². The maximum Gasteiger partial charge on any atom is 0.0807 e. The van der Waals surface area contributed by atoms with E-state index in [-0.39, 0.29) is 6.10 Å². The summed E-state index contributed by atoms with van der Waals surface area (Å²) in [6.45, 7) is 2.16. The predicted octanol–water partition coefficient (Wildman–Crippen LogP) is 2.91. The predicted molar refractivity (Wildman–Crippen MR) is 70.8 cm³/mol. The van der Waals surface area contributed by atoms with Gasteiger partial charge in [-0.25, -0.2) is 0 Å². The molecule has 0 spiro atoms. The number of nitrogens with zero attached hydrogens (tertiary/aromatic N) is 1. The summed E-state index contributed by atoms with van der Waals surface area (Å²) in [7, 11) is 1.82. The summed E-state index contributed by atoms with van der Waals surface area (Å²) in [5, 5.41) is 10.1. The van der Waals surface area contributed by atoms with E-state index in [4.69, 9.17) is 4.74 Å². The topological polar surface area (TPSA) is 34.4 Å². The Morgan fingerprint density at radius 2 is 2.11 bits per heavy atom. The van der Waals surface area contributed by atoms with Crippen LogP contribution in [-0.2, 0) is 11.2 Å². The standard InChI is InChI=1S/C15H23NO2/c1-10-9-11-12(5-3-7-14(11)17)16(10)13-6-4-8-15(13)18-2/h9,13-15,17H,3-8H2,1-2H3. The second-order valence-electron chi connectivity index (χ2n) is 5.74. The van der Waals surface area contributed by atoms with Gasteiger partial charge in [0.05, 0.1) is 18.2 Å². The summed E-state index contributed by atoms with van der Waals surface area (Å²) >= 11 is 0. The monoisotopic (exact) mass is 249 g/mol. The van der Waals surface area contributed by atoms with Crippen molar-refractivity contribution in [2.75, 3.05) is 7.11 Å². The van der Waals surface area contributed by atoms with E-state index in [1.54, 1.807) is 0 Å².